The van der Waals surface area contributed by atoms with E-state index < -0.39 is 0 Å². The molecule has 0 aliphatic rings. The van der Waals surface area contributed by atoms with Gasteiger partial charge in [-0.2, -0.15) is 0 Å². The van der Waals surface area contributed by atoms with Gasteiger partial charge in [-0.05, 0) is 19.8 Å². The van der Waals surface area contributed by atoms with Crippen LogP contribution in [0.2, 0.25) is 0 Å². The predicted octanol–water partition coefficient (Wildman–Crippen LogP) is 5.56. The van der Waals surface area contributed by atoms with Gasteiger partial charge in [-0.1, -0.05) is 27.7 Å². The van der Waals surface area contributed by atoms with Crippen LogP contribution in [0.15, 0.2) is 31.9 Å². The average molecular weight is 371 g/mol. The van der Waals surface area contributed by atoms with Gasteiger partial charge in [0.25, 0.3) is 0 Å². The molecule has 3 rings (SSSR count). The summed E-state index contributed by atoms with van der Waals surface area (Å²) in [4.78, 5) is 13.2. The van der Waals surface area contributed by atoms with Gasteiger partial charge in [0, 0.05) is 30.6 Å². The number of aromatic nitrogens is 3. The minimum atomic E-state index is 0.244. The molecule has 3 heterocycles. The van der Waals surface area contributed by atoms with Crippen molar-refractivity contribution in [2.75, 3.05) is 0 Å². The lowest BCUT2D eigenvalue weighted by molar-refractivity contribution is 0.389. The molecule has 0 amide bonds. The molecular formula is C21H29N3O3. The van der Waals surface area contributed by atoms with Crippen LogP contribution < -0.4 is 0 Å². The molecule has 0 fully saturated rings. The summed E-state index contributed by atoms with van der Waals surface area (Å²) >= 11 is 0. The van der Waals surface area contributed by atoms with Crippen molar-refractivity contribution in [1.29, 1.82) is 0 Å². The zero-order valence-electron chi connectivity index (χ0n) is 16.9. The Morgan fingerprint density at radius 2 is 1.67 bits per heavy atom. The maximum Gasteiger partial charge on any atom is 0.196 e. The quantitative estimate of drug-likeness (QED) is 0.490. The molecular weight excluding hydrogens is 342 g/mol. The van der Waals surface area contributed by atoms with Crippen LogP contribution in [0.4, 0.5) is 0 Å². The van der Waals surface area contributed by atoms with E-state index in [4.69, 9.17) is 13.3 Å². The van der Waals surface area contributed by atoms with Gasteiger partial charge in [0.05, 0.1) is 18.1 Å². The summed E-state index contributed by atoms with van der Waals surface area (Å²) in [5.74, 6) is 5.12. The monoisotopic (exact) mass is 371 g/mol. The first kappa shape index (κ1) is 19.4. The van der Waals surface area contributed by atoms with Crippen LogP contribution in [0.1, 0.15) is 93.2 Å². The molecule has 0 aliphatic carbocycles. The Kier molecular flexibility index (Phi) is 6.14. The van der Waals surface area contributed by atoms with Crippen LogP contribution in [-0.2, 0) is 12.8 Å². The van der Waals surface area contributed by atoms with E-state index in [0.717, 1.165) is 60.6 Å². The second-order valence-corrected chi connectivity index (χ2v) is 7.62. The molecule has 27 heavy (non-hydrogen) atoms. The molecule has 0 saturated heterocycles. The highest BCUT2D eigenvalue weighted by Gasteiger charge is 2.19. The third-order valence-corrected chi connectivity index (χ3v) is 4.92. The zero-order valence-corrected chi connectivity index (χ0v) is 16.9. The van der Waals surface area contributed by atoms with Crippen molar-refractivity contribution >= 4 is 0 Å². The van der Waals surface area contributed by atoms with Crippen molar-refractivity contribution < 1.29 is 13.3 Å². The molecule has 2 unspecified atom stereocenters. The Bertz CT molecular complexity index is 833. The standard InChI is InChI=1S/C21H29N3O3/c1-13(2)17-12-23-18(26-17)8-6-14(3)20-16(5)24-19(27-20)9-7-15(4)21-22-10-11-25-21/h10-15H,6-9H2,1-5H3. The summed E-state index contributed by atoms with van der Waals surface area (Å²) in [7, 11) is 0. The van der Waals surface area contributed by atoms with Crippen molar-refractivity contribution in [1.82, 2.24) is 15.0 Å². The summed E-state index contributed by atoms with van der Waals surface area (Å²) in [5, 5.41) is 0. The minimum Gasteiger partial charge on any atom is -0.449 e. The molecule has 0 spiro atoms. The summed E-state index contributed by atoms with van der Waals surface area (Å²) in [5.41, 5.74) is 0.969. The van der Waals surface area contributed by atoms with E-state index in [1.807, 2.05) is 13.1 Å². The molecule has 6 heteroatoms. The first-order valence-corrected chi connectivity index (χ1v) is 9.74. The molecule has 2 atom stereocenters. The van der Waals surface area contributed by atoms with Crippen molar-refractivity contribution in [3.63, 3.8) is 0 Å². The van der Waals surface area contributed by atoms with Crippen molar-refractivity contribution in [2.24, 2.45) is 0 Å². The molecule has 0 saturated carbocycles. The van der Waals surface area contributed by atoms with E-state index in [2.05, 4.69) is 42.6 Å². The van der Waals surface area contributed by atoms with Crippen molar-refractivity contribution in [3.8, 4) is 0 Å². The third-order valence-electron chi connectivity index (χ3n) is 4.92. The highest BCUT2D eigenvalue weighted by atomic mass is 16.4. The van der Waals surface area contributed by atoms with Crippen LogP contribution in [0.3, 0.4) is 0 Å². The Labute approximate surface area is 160 Å². The van der Waals surface area contributed by atoms with Gasteiger partial charge in [0.15, 0.2) is 17.7 Å². The van der Waals surface area contributed by atoms with Gasteiger partial charge >= 0.3 is 0 Å². The minimum absolute atomic E-state index is 0.244. The summed E-state index contributed by atoms with van der Waals surface area (Å²) in [6, 6.07) is 0. The van der Waals surface area contributed by atoms with Crippen LogP contribution in [0, 0.1) is 6.92 Å². The second-order valence-electron chi connectivity index (χ2n) is 7.62. The van der Waals surface area contributed by atoms with E-state index in [1.54, 1.807) is 12.5 Å². The number of hydrogen-bond acceptors (Lipinski definition) is 6. The maximum atomic E-state index is 6.06. The van der Waals surface area contributed by atoms with Crippen LogP contribution >= 0.6 is 0 Å². The van der Waals surface area contributed by atoms with Crippen molar-refractivity contribution in [3.05, 3.63) is 53.5 Å². The maximum absolute atomic E-state index is 6.06. The average Bonchev–Trinajstić information content (AvgIpc) is 3.38. The van der Waals surface area contributed by atoms with Gasteiger partial charge < -0.3 is 13.3 Å². The lowest BCUT2D eigenvalue weighted by Crippen LogP contribution is -1.97. The van der Waals surface area contributed by atoms with E-state index in [0.29, 0.717) is 5.92 Å². The van der Waals surface area contributed by atoms with Gasteiger partial charge in [-0.3, -0.25) is 0 Å². The Hall–Kier alpha value is -2.37. The molecule has 0 bridgehead atoms. The molecule has 3 aromatic heterocycles. The van der Waals surface area contributed by atoms with E-state index in [1.165, 1.54) is 0 Å². The highest BCUT2D eigenvalue weighted by molar-refractivity contribution is 5.13. The number of rotatable bonds is 9. The molecule has 0 aliphatic heterocycles. The fourth-order valence-corrected chi connectivity index (χ4v) is 3.15. The van der Waals surface area contributed by atoms with Gasteiger partial charge in [0.1, 0.15) is 17.8 Å². The first-order chi connectivity index (χ1) is 12.9. The number of hydrogen-bond donors (Lipinski definition) is 0. The van der Waals surface area contributed by atoms with Crippen LogP contribution in [0.5, 0.6) is 0 Å². The summed E-state index contributed by atoms with van der Waals surface area (Å²) < 4.78 is 17.2. The third kappa shape index (κ3) is 4.87. The molecule has 0 aromatic carbocycles. The van der Waals surface area contributed by atoms with Gasteiger partial charge in [-0.15, -0.1) is 0 Å². The fraction of sp³-hybridized carbons (Fsp3) is 0.571. The highest BCUT2D eigenvalue weighted by Crippen LogP contribution is 2.27. The molecule has 0 N–H and O–H groups in total. The Morgan fingerprint density at radius 3 is 2.33 bits per heavy atom. The fourth-order valence-electron chi connectivity index (χ4n) is 3.15. The number of aryl methyl sites for hydroxylation is 3. The topological polar surface area (TPSA) is 78.1 Å². The number of nitrogens with zero attached hydrogens (tertiary/aromatic N) is 3. The van der Waals surface area contributed by atoms with Crippen LogP contribution in [0.25, 0.3) is 0 Å². The molecule has 6 nitrogen and oxygen atoms in total. The van der Waals surface area contributed by atoms with Gasteiger partial charge in [-0.25, -0.2) is 15.0 Å². The number of oxazole rings is 3. The Morgan fingerprint density at radius 1 is 0.926 bits per heavy atom. The first-order valence-electron chi connectivity index (χ1n) is 9.74. The normalized spacial score (nSPS) is 14.0. The van der Waals surface area contributed by atoms with Crippen LogP contribution in [-0.4, -0.2) is 15.0 Å². The van der Waals surface area contributed by atoms with E-state index in [9.17, 15) is 0 Å². The zero-order chi connectivity index (χ0) is 19.4. The predicted molar refractivity (Wildman–Crippen MR) is 102 cm³/mol. The smallest absolute Gasteiger partial charge is 0.196 e. The summed E-state index contributed by atoms with van der Waals surface area (Å²) in [6.07, 6.45) is 8.50. The SMILES string of the molecule is Cc1nc(CCC(C)c2ncco2)oc1C(C)CCc1ncc(C(C)C)o1. The second kappa shape index (κ2) is 8.55. The lowest BCUT2D eigenvalue weighted by atomic mass is 10.0. The van der Waals surface area contributed by atoms with Crippen molar-refractivity contribution in [2.45, 2.75) is 78.1 Å². The molecule has 0 radical (unpaired) electrons. The largest absolute Gasteiger partial charge is 0.449 e. The van der Waals surface area contributed by atoms with Gasteiger partial charge in [0.2, 0.25) is 0 Å². The molecule has 3 aromatic rings. The molecule has 146 valence electrons. The van der Waals surface area contributed by atoms with E-state index >= 15 is 0 Å². The summed E-state index contributed by atoms with van der Waals surface area (Å²) in [6.45, 7) is 10.5. The van der Waals surface area contributed by atoms with E-state index in [-0.39, 0.29) is 11.8 Å². The lowest BCUT2D eigenvalue weighted by Gasteiger charge is -2.08. The Balaban J connectivity index is 1.54.